The lowest BCUT2D eigenvalue weighted by Gasteiger charge is -2.19. The molecule has 0 saturated heterocycles. The maximum Gasteiger partial charge on any atom is 0.140 e. The van der Waals surface area contributed by atoms with Gasteiger partial charge in [-0.3, -0.25) is 9.13 Å². The predicted octanol–water partition coefficient (Wildman–Crippen LogP) is 11.3. The van der Waals surface area contributed by atoms with E-state index in [1.54, 1.807) is 6.07 Å². The van der Waals surface area contributed by atoms with Crippen LogP contribution in [0.4, 0.5) is 0 Å². The minimum atomic E-state index is 0.000157. The molecule has 8 rings (SSSR count). The van der Waals surface area contributed by atoms with Crippen LogP contribution in [0.25, 0.3) is 66.4 Å². The van der Waals surface area contributed by atoms with Crippen LogP contribution in [0.5, 0.6) is 0 Å². The number of hydrogen-bond acceptors (Lipinski definition) is 3. The Labute approximate surface area is 292 Å². The second-order valence-electron chi connectivity index (χ2n) is 15.2. The third kappa shape index (κ3) is 4.94. The molecule has 0 N–H and O–H groups in total. The lowest BCUT2D eigenvalue weighted by atomic mass is 9.86. The van der Waals surface area contributed by atoms with Gasteiger partial charge in [-0.15, -0.1) is 0 Å². The summed E-state index contributed by atoms with van der Waals surface area (Å²) in [6.45, 7) is 13.5. The number of hydrogen-bond donors (Lipinski definition) is 0. The van der Waals surface area contributed by atoms with E-state index in [-0.39, 0.29) is 10.8 Å². The zero-order valence-corrected chi connectivity index (χ0v) is 29.2. The summed E-state index contributed by atoms with van der Waals surface area (Å²) in [4.78, 5) is 5.47. The summed E-state index contributed by atoms with van der Waals surface area (Å²) < 4.78 is 4.51. The molecule has 3 aromatic heterocycles. The van der Waals surface area contributed by atoms with E-state index in [9.17, 15) is 10.5 Å². The topological polar surface area (TPSA) is 70.3 Å². The first-order chi connectivity index (χ1) is 24.0. The molecule has 0 aliphatic heterocycles. The van der Waals surface area contributed by atoms with Crippen LogP contribution in [-0.4, -0.2) is 14.1 Å². The molecule has 0 radical (unpaired) electrons. The van der Waals surface area contributed by atoms with E-state index in [1.165, 1.54) is 32.7 Å². The third-order valence-electron chi connectivity index (χ3n) is 9.93. The minimum absolute atomic E-state index is 0.000157. The normalized spacial score (nSPS) is 12.2. The van der Waals surface area contributed by atoms with E-state index in [1.807, 2.05) is 12.1 Å². The lowest BCUT2D eigenvalue weighted by molar-refractivity contribution is 0.591. The van der Waals surface area contributed by atoms with Crippen molar-refractivity contribution in [1.29, 1.82) is 10.5 Å². The first kappa shape index (κ1) is 31.1. The number of rotatable bonds is 3. The van der Waals surface area contributed by atoms with E-state index >= 15 is 0 Å². The van der Waals surface area contributed by atoms with Gasteiger partial charge in [0.05, 0.1) is 33.2 Å². The van der Waals surface area contributed by atoms with Crippen molar-refractivity contribution in [1.82, 2.24) is 14.1 Å². The molecule has 0 saturated carbocycles. The van der Waals surface area contributed by atoms with Gasteiger partial charge < -0.3 is 0 Å². The van der Waals surface area contributed by atoms with Crippen molar-refractivity contribution < 1.29 is 0 Å². The molecule has 0 aliphatic rings. The average Bonchev–Trinajstić information content (AvgIpc) is 3.62. The second-order valence-corrected chi connectivity index (χ2v) is 15.2. The standard InChI is InChI=1S/C45H37N5/c1-44(2,3)32-17-19-40-36(24-32)34-11-7-9-13-38(34)49(40)42-22-30(28-15-16-29(26-46)31(21-28)27-47)23-43(48-42)50-39-14-10-8-12-35(39)37-25-33(45(4,5)6)18-20-41(37)50/h7-25H,1-6H3. The Bertz CT molecular complexity index is 2600. The highest BCUT2D eigenvalue weighted by Crippen LogP contribution is 2.39. The average molecular weight is 648 g/mol. The highest BCUT2D eigenvalue weighted by atomic mass is 15.1. The smallest absolute Gasteiger partial charge is 0.140 e. The molecule has 0 unspecified atom stereocenters. The highest BCUT2D eigenvalue weighted by Gasteiger charge is 2.22. The van der Waals surface area contributed by atoms with Crippen molar-refractivity contribution in [2.45, 2.75) is 52.4 Å². The molecule has 0 fully saturated rings. The number of pyridine rings is 1. The zero-order chi connectivity index (χ0) is 34.9. The van der Waals surface area contributed by atoms with Crippen LogP contribution in [0.15, 0.2) is 115 Å². The van der Waals surface area contributed by atoms with Crippen molar-refractivity contribution >= 4 is 43.6 Å². The van der Waals surface area contributed by atoms with E-state index in [0.29, 0.717) is 11.1 Å². The van der Waals surface area contributed by atoms with Gasteiger partial charge in [-0.25, -0.2) is 4.98 Å². The summed E-state index contributed by atoms with van der Waals surface area (Å²) >= 11 is 0. The summed E-state index contributed by atoms with van der Waals surface area (Å²) in [5, 5.41) is 24.3. The zero-order valence-electron chi connectivity index (χ0n) is 29.2. The molecule has 0 aliphatic carbocycles. The largest absolute Gasteiger partial charge is 0.294 e. The molecule has 5 aromatic carbocycles. The van der Waals surface area contributed by atoms with Gasteiger partial charge in [0.25, 0.3) is 0 Å². The number of nitriles is 2. The number of aromatic nitrogens is 3. The van der Waals surface area contributed by atoms with E-state index in [4.69, 9.17) is 4.98 Å². The summed E-state index contributed by atoms with van der Waals surface area (Å²) in [7, 11) is 0. The molecule has 0 amide bonds. The molecule has 0 atom stereocenters. The van der Waals surface area contributed by atoms with Gasteiger partial charge >= 0.3 is 0 Å². The van der Waals surface area contributed by atoms with Crippen LogP contribution >= 0.6 is 0 Å². The molecular formula is C45H37N5. The Morgan fingerprint density at radius 3 is 1.38 bits per heavy atom. The van der Waals surface area contributed by atoms with Crippen molar-refractivity contribution in [2.75, 3.05) is 0 Å². The lowest BCUT2D eigenvalue weighted by Crippen LogP contribution is -2.10. The molecule has 242 valence electrons. The molecule has 50 heavy (non-hydrogen) atoms. The summed E-state index contributed by atoms with van der Waals surface area (Å²) in [6.07, 6.45) is 0. The molecule has 0 bridgehead atoms. The van der Waals surface area contributed by atoms with E-state index in [0.717, 1.165) is 44.8 Å². The third-order valence-corrected chi connectivity index (χ3v) is 9.93. The van der Waals surface area contributed by atoms with Crippen molar-refractivity contribution in [3.8, 4) is 34.9 Å². The van der Waals surface area contributed by atoms with Crippen LogP contribution in [0.3, 0.4) is 0 Å². The van der Waals surface area contributed by atoms with Gasteiger partial charge in [-0.1, -0.05) is 96.1 Å². The van der Waals surface area contributed by atoms with Crippen LogP contribution in [0, 0.1) is 22.7 Å². The number of para-hydroxylation sites is 2. The fourth-order valence-corrected chi connectivity index (χ4v) is 7.18. The fourth-order valence-electron chi connectivity index (χ4n) is 7.18. The van der Waals surface area contributed by atoms with Crippen LogP contribution < -0.4 is 0 Å². The van der Waals surface area contributed by atoms with E-state index in [2.05, 4.69) is 160 Å². The SMILES string of the molecule is CC(C)(C)c1ccc2c(c1)c1ccccc1n2-c1cc(-c2ccc(C#N)c(C#N)c2)cc(-n2c3ccccc3c3cc(C(C)(C)C)ccc32)n1. The van der Waals surface area contributed by atoms with Crippen LogP contribution in [-0.2, 0) is 10.8 Å². The molecule has 5 nitrogen and oxygen atoms in total. The minimum Gasteiger partial charge on any atom is -0.294 e. The Kier molecular flexibility index (Phi) is 6.97. The maximum absolute atomic E-state index is 9.94. The van der Waals surface area contributed by atoms with Crippen LogP contribution in [0.2, 0.25) is 0 Å². The molecule has 5 heteroatoms. The number of benzene rings is 5. The maximum atomic E-state index is 9.94. The number of fused-ring (bicyclic) bond motifs is 6. The highest BCUT2D eigenvalue weighted by molar-refractivity contribution is 6.10. The Morgan fingerprint density at radius 2 is 0.920 bits per heavy atom. The van der Waals surface area contributed by atoms with Crippen molar-refractivity contribution in [3.63, 3.8) is 0 Å². The monoisotopic (exact) mass is 647 g/mol. The van der Waals surface area contributed by atoms with Crippen molar-refractivity contribution in [3.05, 3.63) is 138 Å². The van der Waals surface area contributed by atoms with E-state index < -0.39 is 0 Å². The Balaban J connectivity index is 1.48. The predicted molar refractivity (Wildman–Crippen MR) is 205 cm³/mol. The van der Waals surface area contributed by atoms with Gasteiger partial charge in [-0.2, -0.15) is 10.5 Å². The van der Waals surface area contributed by atoms with Crippen molar-refractivity contribution in [2.24, 2.45) is 0 Å². The quantitative estimate of drug-likeness (QED) is 0.192. The second kappa shape index (κ2) is 11.2. The molecule has 3 heterocycles. The molecule has 0 spiro atoms. The Hall–Kier alpha value is -6.17. The van der Waals surface area contributed by atoms with Gasteiger partial charge in [0.15, 0.2) is 0 Å². The number of nitrogens with zero attached hydrogens (tertiary/aromatic N) is 5. The van der Waals surface area contributed by atoms with Gasteiger partial charge in [0, 0.05) is 21.5 Å². The van der Waals surface area contributed by atoms with Crippen LogP contribution in [0.1, 0.15) is 63.8 Å². The summed E-state index contributed by atoms with van der Waals surface area (Å²) in [6, 6.07) is 44.6. The Morgan fingerprint density at radius 1 is 0.460 bits per heavy atom. The summed E-state index contributed by atoms with van der Waals surface area (Å²) in [5.41, 5.74) is 9.29. The fraction of sp³-hybridized carbons (Fsp3) is 0.178. The first-order valence-electron chi connectivity index (χ1n) is 17.0. The van der Waals surface area contributed by atoms with Gasteiger partial charge in [0.2, 0.25) is 0 Å². The molecule has 8 aromatic rings. The first-order valence-corrected chi connectivity index (χ1v) is 17.0. The summed E-state index contributed by atoms with van der Waals surface area (Å²) in [5.74, 6) is 1.54. The molecular weight excluding hydrogens is 611 g/mol. The van der Waals surface area contributed by atoms with Gasteiger partial charge in [0.1, 0.15) is 23.8 Å². The van der Waals surface area contributed by atoms with Gasteiger partial charge in [-0.05, 0) is 93.7 Å².